The van der Waals surface area contributed by atoms with Crippen molar-refractivity contribution in [1.29, 1.82) is 0 Å². The first-order valence-electron chi connectivity index (χ1n) is 5.06. The lowest BCUT2D eigenvalue weighted by atomic mass is 10.2. The summed E-state index contributed by atoms with van der Waals surface area (Å²) in [6.07, 6.45) is 3.16. The molecule has 1 fully saturated rings. The fraction of sp³-hybridized carbons (Fsp3) is 0.444. The van der Waals surface area contributed by atoms with Gasteiger partial charge in [-0.1, -0.05) is 0 Å². The van der Waals surface area contributed by atoms with Gasteiger partial charge in [-0.15, -0.1) is 0 Å². The molecule has 0 aliphatic carbocycles. The molecule has 0 saturated carbocycles. The molecule has 2 heterocycles. The number of carbonyl (C=O) groups is 1. The number of rotatable bonds is 2. The monoisotopic (exact) mass is 256 g/mol. The summed E-state index contributed by atoms with van der Waals surface area (Å²) in [7, 11) is -3.02. The van der Waals surface area contributed by atoms with Crippen LogP contribution in [0.1, 0.15) is 16.9 Å². The summed E-state index contributed by atoms with van der Waals surface area (Å²) >= 11 is 0. The summed E-state index contributed by atoms with van der Waals surface area (Å²) < 4.78 is 22.4. The zero-order valence-corrected chi connectivity index (χ0v) is 9.77. The fourth-order valence-electron chi connectivity index (χ4n) is 1.69. The molecule has 0 spiro atoms. The lowest BCUT2D eigenvalue weighted by molar-refractivity contribution is 0.0937. The summed E-state index contributed by atoms with van der Waals surface area (Å²) in [5.41, 5.74) is 5.52. The molecule has 92 valence electrons. The molecule has 2 rings (SSSR count). The highest BCUT2D eigenvalue weighted by Gasteiger charge is 2.29. The van der Waals surface area contributed by atoms with Crippen molar-refractivity contribution < 1.29 is 13.2 Å². The van der Waals surface area contributed by atoms with Crippen molar-refractivity contribution in [1.82, 2.24) is 15.3 Å². The van der Waals surface area contributed by atoms with E-state index in [4.69, 9.17) is 5.73 Å². The molecule has 1 aliphatic rings. The Morgan fingerprint density at radius 1 is 1.41 bits per heavy atom. The molecule has 1 aliphatic heterocycles. The first-order chi connectivity index (χ1) is 7.98. The zero-order valence-electron chi connectivity index (χ0n) is 8.96. The smallest absolute Gasteiger partial charge is 0.273 e. The number of anilines is 1. The molecule has 1 saturated heterocycles. The molecular weight excluding hydrogens is 244 g/mol. The van der Waals surface area contributed by atoms with Crippen LogP contribution in [0.3, 0.4) is 0 Å². The van der Waals surface area contributed by atoms with E-state index in [2.05, 4.69) is 15.3 Å². The van der Waals surface area contributed by atoms with Gasteiger partial charge < -0.3 is 11.1 Å². The lowest BCUT2D eigenvalue weighted by Gasteiger charge is -2.10. The molecule has 17 heavy (non-hydrogen) atoms. The summed E-state index contributed by atoms with van der Waals surface area (Å²) in [6.45, 7) is 0. The van der Waals surface area contributed by atoms with Crippen LogP contribution in [0.15, 0.2) is 12.4 Å². The topological polar surface area (TPSA) is 115 Å². The van der Waals surface area contributed by atoms with Crippen LogP contribution in [0.5, 0.6) is 0 Å². The predicted molar refractivity (Wildman–Crippen MR) is 61.0 cm³/mol. The quantitative estimate of drug-likeness (QED) is 0.699. The Morgan fingerprint density at radius 3 is 2.71 bits per heavy atom. The maximum absolute atomic E-state index is 11.7. The van der Waals surface area contributed by atoms with Gasteiger partial charge >= 0.3 is 0 Å². The van der Waals surface area contributed by atoms with Gasteiger partial charge in [0.05, 0.1) is 11.5 Å². The zero-order chi connectivity index (χ0) is 12.5. The molecule has 1 amide bonds. The number of nitrogen functional groups attached to an aromatic ring is 1. The molecule has 0 radical (unpaired) electrons. The molecule has 0 bridgehead atoms. The van der Waals surface area contributed by atoms with Crippen molar-refractivity contribution in [2.75, 3.05) is 17.2 Å². The van der Waals surface area contributed by atoms with Gasteiger partial charge in [-0.3, -0.25) is 4.79 Å². The largest absolute Gasteiger partial charge is 0.382 e. The second-order valence-corrected chi connectivity index (χ2v) is 6.09. The van der Waals surface area contributed by atoms with Gasteiger partial charge in [-0.2, -0.15) is 0 Å². The van der Waals surface area contributed by atoms with Crippen molar-refractivity contribution in [3.63, 3.8) is 0 Å². The number of hydrogen-bond acceptors (Lipinski definition) is 6. The highest BCUT2D eigenvalue weighted by molar-refractivity contribution is 7.91. The van der Waals surface area contributed by atoms with Gasteiger partial charge in [0.25, 0.3) is 5.91 Å². The Morgan fingerprint density at radius 2 is 2.12 bits per heavy atom. The van der Waals surface area contributed by atoms with Crippen LogP contribution in [-0.4, -0.2) is 41.8 Å². The van der Waals surface area contributed by atoms with Crippen LogP contribution in [0.2, 0.25) is 0 Å². The Hall–Kier alpha value is -1.70. The summed E-state index contributed by atoms with van der Waals surface area (Å²) in [6, 6.07) is -0.367. The van der Waals surface area contributed by atoms with Gasteiger partial charge in [0.15, 0.2) is 21.3 Å². The second-order valence-electron chi connectivity index (χ2n) is 3.86. The number of hydrogen-bond donors (Lipinski definition) is 2. The van der Waals surface area contributed by atoms with Crippen LogP contribution in [-0.2, 0) is 9.84 Å². The molecule has 0 unspecified atom stereocenters. The van der Waals surface area contributed by atoms with E-state index in [0.29, 0.717) is 6.42 Å². The molecule has 1 aromatic rings. The predicted octanol–water partition coefficient (Wildman–Crippen LogP) is -1.02. The third-order valence-electron chi connectivity index (χ3n) is 2.51. The fourth-order valence-corrected chi connectivity index (χ4v) is 3.36. The average molecular weight is 256 g/mol. The van der Waals surface area contributed by atoms with Crippen LogP contribution < -0.4 is 11.1 Å². The molecule has 7 nitrogen and oxygen atoms in total. The van der Waals surface area contributed by atoms with Gasteiger partial charge in [-0.05, 0) is 6.42 Å². The summed E-state index contributed by atoms with van der Waals surface area (Å²) in [5.74, 6) is -0.379. The third kappa shape index (κ3) is 2.70. The van der Waals surface area contributed by atoms with Gasteiger partial charge in [-0.25, -0.2) is 18.4 Å². The van der Waals surface area contributed by atoms with E-state index in [9.17, 15) is 13.2 Å². The van der Waals surface area contributed by atoms with E-state index in [1.165, 1.54) is 12.4 Å². The lowest BCUT2D eigenvalue weighted by Crippen LogP contribution is -2.36. The van der Waals surface area contributed by atoms with E-state index in [-0.39, 0.29) is 29.1 Å². The average Bonchev–Trinajstić information content (AvgIpc) is 2.58. The molecule has 3 N–H and O–H groups in total. The third-order valence-corrected chi connectivity index (χ3v) is 4.28. The number of aromatic nitrogens is 2. The second kappa shape index (κ2) is 4.28. The minimum Gasteiger partial charge on any atom is -0.382 e. The van der Waals surface area contributed by atoms with E-state index in [0.717, 1.165) is 0 Å². The van der Waals surface area contributed by atoms with Gasteiger partial charge in [0.1, 0.15) is 0 Å². The van der Waals surface area contributed by atoms with Crippen LogP contribution in [0.4, 0.5) is 5.82 Å². The number of nitrogens with one attached hydrogen (secondary N) is 1. The molecule has 0 aromatic carbocycles. The Kier molecular flexibility index (Phi) is 2.97. The van der Waals surface area contributed by atoms with Gasteiger partial charge in [0.2, 0.25) is 0 Å². The first-order valence-corrected chi connectivity index (χ1v) is 6.88. The number of nitrogens with zero attached hydrogens (tertiary/aromatic N) is 2. The molecular formula is C9H12N4O3S. The SMILES string of the molecule is Nc1nccnc1C(=O)N[C@H]1CCS(=O)(=O)C1. The molecule has 8 heteroatoms. The van der Waals surface area contributed by atoms with E-state index >= 15 is 0 Å². The minimum atomic E-state index is -3.02. The minimum absolute atomic E-state index is 0.0248. The van der Waals surface area contributed by atoms with Crippen molar-refractivity contribution in [2.24, 2.45) is 0 Å². The maximum atomic E-state index is 11.7. The number of sulfone groups is 1. The number of amides is 1. The highest BCUT2D eigenvalue weighted by atomic mass is 32.2. The van der Waals surface area contributed by atoms with Gasteiger partial charge in [0, 0.05) is 18.4 Å². The molecule has 1 atom stereocenters. The van der Waals surface area contributed by atoms with E-state index in [1.54, 1.807) is 0 Å². The number of nitrogens with two attached hydrogens (primary N) is 1. The Balaban J connectivity index is 2.06. The Bertz CT molecular complexity index is 543. The van der Waals surface area contributed by atoms with Crippen molar-refractivity contribution in [3.05, 3.63) is 18.1 Å². The van der Waals surface area contributed by atoms with Crippen molar-refractivity contribution in [2.45, 2.75) is 12.5 Å². The van der Waals surface area contributed by atoms with Crippen LogP contribution in [0.25, 0.3) is 0 Å². The Labute approximate surface area is 98.4 Å². The van der Waals surface area contributed by atoms with Crippen LogP contribution >= 0.6 is 0 Å². The standard InChI is InChI=1S/C9H12N4O3S/c10-8-7(11-2-3-12-8)9(14)13-6-1-4-17(15,16)5-6/h2-3,6H,1,4-5H2,(H2,10,12)(H,13,14)/t6-/m0/s1. The first kappa shape index (κ1) is 11.8. The highest BCUT2D eigenvalue weighted by Crippen LogP contribution is 2.12. The summed E-state index contributed by atoms with van der Waals surface area (Å²) in [4.78, 5) is 19.3. The number of carbonyl (C=O) groups excluding carboxylic acids is 1. The van der Waals surface area contributed by atoms with Crippen LogP contribution in [0, 0.1) is 0 Å². The maximum Gasteiger partial charge on any atom is 0.273 e. The van der Waals surface area contributed by atoms with E-state index < -0.39 is 15.7 Å². The molecule has 1 aromatic heterocycles. The normalized spacial score (nSPS) is 22.2. The van der Waals surface area contributed by atoms with Crippen molar-refractivity contribution in [3.8, 4) is 0 Å². The van der Waals surface area contributed by atoms with E-state index in [1.807, 2.05) is 0 Å². The van der Waals surface area contributed by atoms with Crippen molar-refractivity contribution >= 4 is 21.6 Å². The summed E-state index contributed by atoms with van der Waals surface area (Å²) in [5, 5.41) is 2.59.